The van der Waals surface area contributed by atoms with Crippen molar-refractivity contribution in [3.8, 4) is 5.75 Å². The molecule has 1 saturated heterocycles. The molecular weight excluding hydrogens is 410 g/mol. The van der Waals surface area contributed by atoms with Gasteiger partial charge in [-0.05, 0) is 43.1 Å². The molecule has 1 fully saturated rings. The first-order valence-corrected chi connectivity index (χ1v) is 11.4. The molecule has 3 aromatic rings. The third-order valence-corrected chi connectivity index (χ3v) is 6.95. The minimum Gasteiger partial charge on any atom is -0.496 e. The fourth-order valence-corrected chi connectivity index (χ4v) is 5.45. The number of rotatable bonds is 8. The average Bonchev–Trinajstić information content (AvgIpc) is 3.39. The summed E-state index contributed by atoms with van der Waals surface area (Å²) < 4.78 is 10.7. The molecule has 0 aliphatic carbocycles. The van der Waals surface area contributed by atoms with Crippen LogP contribution in [0.3, 0.4) is 0 Å². The predicted molar refractivity (Wildman–Crippen MR) is 124 cm³/mol. The fraction of sp³-hybridized carbons (Fsp3) is 0.417. The van der Waals surface area contributed by atoms with Gasteiger partial charge >= 0.3 is 0 Å². The molecule has 0 saturated carbocycles. The lowest BCUT2D eigenvalue weighted by Crippen LogP contribution is -2.27. The van der Waals surface area contributed by atoms with E-state index >= 15 is 0 Å². The van der Waals surface area contributed by atoms with E-state index in [-0.39, 0.29) is 5.91 Å². The Kier molecular flexibility index (Phi) is 6.85. The molecule has 1 amide bonds. The number of carbonyl (C=O) groups is 1. The highest BCUT2D eigenvalue weighted by atomic mass is 32.1. The Morgan fingerprint density at radius 1 is 1.32 bits per heavy atom. The number of thiophene rings is 1. The van der Waals surface area contributed by atoms with Crippen LogP contribution in [0.4, 0.5) is 0 Å². The molecule has 0 bridgehead atoms. The molecular formula is C24H29N3O3S. The van der Waals surface area contributed by atoms with Crippen molar-refractivity contribution < 1.29 is 14.3 Å². The summed E-state index contributed by atoms with van der Waals surface area (Å²) in [6, 6.07) is 10.4. The van der Waals surface area contributed by atoms with E-state index in [1.807, 2.05) is 6.07 Å². The summed E-state index contributed by atoms with van der Waals surface area (Å²) in [5.41, 5.74) is 3.53. The summed E-state index contributed by atoms with van der Waals surface area (Å²) in [5.74, 6) is 1.21. The Morgan fingerprint density at radius 3 is 3.00 bits per heavy atom. The van der Waals surface area contributed by atoms with E-state index in [0.717, 1.165) is 52.5 Å². The van der Waals surface area contributed by atoms with Crippen LogP contribution in [0.5, 0.6) is 5.75 Å². The second-order valence-corrected chi connectivity index (χ2v) is 8.98. The summed E-state index contributed by atoms with van der Waals surface area (Å²) in [6.07, 6.45) is 2.81. The van der Waals surface area contributed by atoms with E-state index in [0.29, 0.717) is 19.1 Å². The van der Waals surface area contributed by atoms with Crippen LogP contribution in [0.25, 0.3) is 10.2 Å². The third-order valence-electron chi connectivity index (χ3n) is 5.82. The molecule has 7 heteroatoms. The lowest BCUT2D eigenvalue weighted by Gasteiger charge is -2.19. The van der Waals surface area contributed by atoms with Crippen molar-refractivity contribution >= 4 is 27.5 Å². The van der Waals surface area contributed by atoms with Crippen LogP contribution in [0, 0.1) is 6.92 Å². The number of fused-ring (bicyclic) bond motifs is 1. The van der Waals surface area contributed by atoms with Crippen molar-refractivity contribution in [2.75, 3.05) is 40.5 Å². The van der Waals surface area contributed by atoms with Gasteiger partial charge in [-0.1, -0.05) is 18.2 Å². The Labute approximate surface area is 187 Å². The first kappa shape index (κ1) is 21.7. The number of likely N-dealkylation sites (tertiary alicyclic amines) is 1. The molecule has 1 aliphatic heterocycles. The van der Waals surface area contributed by atoms with E-state index in [1.54, 1.807) is 20.4 Å². The first-order valence-electron chi connectivity index (χ1n) is 10.6. The summed E-state index contributed by atoms with van der Waals surface area (Å²) in [5, 5.41) is 4.09. The number of methoxy groups -OCH3 is 2. The molecule has 4 rings (SSSR count). The van der Waals surface area contributed by atoms with Crippen LogP contribution in [0.15, 0.2) is 36.5 Å². The number of pyridine rings is 1. The van der Waals surface area contributed by atoms with E-state index < -0.39 is 0 Å². The van der Waals surface area contributed by atoms with Gasteiger partial charge in [-0.3, -0.25) is 9.69 Å². The highest BCUT2D eigenvalue weighted by Crippen LogP contribution is 2.40. The Balaban J connectivity index is 1.56. The number of nitrogens with one attached hydrogen (secondary N) is 1. The van der Waals surface area contributed by atoms with Gasteiger partial charge in [0.2, 0.25) is 0 Å². The Hall–Kier alpha value is -2.48. The molecule has 0 radical (unpaired) electrons. The minimum atomic E-state index is -0.0336. The number of aromatic nitrogens is 1. The van der Waals surface area contributed by atoms with Crippen LogP contribution in [-0.2, 0) is 11.3 Å². The lowest BCUT2D eigenvalue weighted by atomic mass is 9.95. The molecule has 6 nitrogen and oxygen atoms in total. The lowest BCUT2D eigenvalue weighted by molar-refractivity contribution is 0.0940. The summed E-state index contributed by atoms with van der Waals surface area (Å²) in [7, 11) is 3.36. The number of hydrogen-bond acceptors (Lipinski definition) is 6. The number of carbonyl (C=O) groups excluding carboxylic acids is 1. The topological polar surface area (TPSA) is 63.7 Å². The van der Waals surface area contributed by atoms with Gasteiger partial charge < -0.3 is 14.8 Å². The van der Waals surface area contributed by atoms with Crippen LogP contribution in [0.1, 0.15) is 38.7 Å². The molecule has 3 heterocycles. The maximum atomic E-state index is 12.9. The molecule has 0 unspecified atom stereocenters. The summed E-state index contributed by atoms with van der Waals surface area (Å²) >= 11 is 1.49. The van der Waals surface area contributed by atoms with Crippen molar-refractivity contribution in [2.45, 2.75) is 25.8 Å². The molecule has 164 valence electrons. The minimum absolute atomic E-state index is 0.0336. The first-order chi connectivity index (χ1) is 15.1. The zero-order chi connectivity index (χ0) is 21.8. The van der Waals surface area contributed by atoms with E-state index in [2.05, 4.69) is 46.4 Å². The van der Waals surface area contributed by atoms with Gasteiger partial charge in [-0.2, -0.15) is 0 Å². The molecule has 0 spiro atoms. The smallest absolute Gasteiger partial charge is 0.261 e. The molecule has 2 aromatic heterocycles. The quantitative estimate of drug-likeness (QED) is 0.538. The van der Waals surface area contributed by atoms with Crippen LogP contribution in [-0.4, -0.2) is 56.3 Å². The Morgan fingerprint density at radius 2 is 2.19 bits per heavy atom. The van der Waals surface area contributed by atoms with Gasteiger partial charge in [0, 0.05) is 49.8 Å². The zero-order valence-electron chi connectivity index (χ0n) is 18.3. The standard InChI is InChI=1S/C24H29N3O3S/c1-16-6-7-17(20(13-16)30-3)14-27-11-8-18(15-27)21-19-5-4-9-26-24(19)31-22(21)23(28)25-10-12-29-2/h4-7,9,13,18H,8,10-12,14-15H2,1-3H3,(H,25,28)/t18-/m0/s1. The number of nitrogens with zero attached hydrogens (tertiary/aromatic N) is 2. The second-order valence-electron chi connectivity index (χ2n) is 7.99. The van der Waals surface area contributed by atoms with Gasteiger partial charge in [0.05, 0.1) is 18.6 Å². The monoisotopic (exact) mass is 439 g/mol. The maximum absolute atomic E-state index is 12.9. The van der Waals surface area contributed by atoms with Gasteiger partial charge in [-0.25, -0.2) is 4.98 Å². The SMILES string of the molecule is COCCNC(=O)c1sc2ncccc2c1[C@H]1CCN(Cc2ccc(C)cc2OC)C1. The molecule has 1 aliphatic rings. The third kappa shape index (κ3) is 4.74. The van der Waals surface area contributed by atoms with Crippen LogP contribution >= 0.6 is 11.3 Å². The second kappa shape index (κ2) is 9.77. The number of aryl methyl sites for hydroxylation is 1. The van der Waals surface area contributed by atoms with E-state index in [9.17, 15) is 4.79 Å². The van der Waals surface area contributed by atoms with Crippen molar-refractivity contribution in [3.63, 3.8) is 0 Å². The largest absolute Gasteiger partial charge is 0.496 e. The van der Waals surface area contributed by atoms with Crippen molar-refractivity contribution in [2.24, 2.45) is 0 Å². The van der Waals surface area contributed by atoms with Gasteiger partial charge in [0.1, 0.15) is 10.6 Å². The highest BCUT2D eigenvalue weighted by Gasteiger charge is 2.31. The Bertz CT molecular complexity index is 1070. The molecule has 1 N–H and O–H groups in total. The van der Waals surface area contributed by atoms with Crippen LogP contribution < -0.4 is 10.1 Å². The molecule has 1 atom stereocenters. The predicted octanol–water partition coefficient (Wildman–Crippen LogP) is 3.98. The van der Waals surface area contributed by atoms with Crippen molar-refractivity contribution in [1.29, 1.82) is 0 Å². The van der Waals surface area contributed by atoms with Crippen LogP contribution in [0.2, 0.25) is 0 Å². The van der Waals surface area contributed by atoms with Gasteiger partial charge in [0.25, 0.3) is 5.91 Å². The van der Waals surface area contributed by atoms with E-state index in [4.69, 9.17) is 9.47 Å². The van der Waals surface area contributed by atoms with E-state index in [1.165, 1.54) is 22.5 Å². The van der Waals surface area contributed by atoms with Gasteiger partial charge in [-0.15, -0.1) is 11.3 Å². The summed E-state index contributed by atoms with van der Waals surface area (Å²) in [4.78, 5) is 21.6. The molecule has 1 aromatic carbocycles. The number of amides is 1. The van der Waals surface area contributed by atoms with Crippen molar-refractivity contribution in [1.82, 2.24) is 15.2 Å². The zero-order valence-corrected chi connectivity index (χ0v) is 19.1. The number of ether oxygens (including phenoxy) is 2. The maximum Gasteiger partial charge on any atom is 0.261 e. The molecule has 31 heavy (non-hydrogen) atoms. The number of hydrogen-bond donors (Lipinski definition) is 1. The highest BCUT2D eigenvalue weighted by molar-refractivity contribution is 7.20. The average molecular weight is 440 g/mol. The van der Waals surface area contributed by atoms with Crippen molar-refractivity contribution in [3.05, 3.63) is 58.1 Å². The normalized spacial score (nSPS) is 16.7. The number of benzene rings is 1. The summed E-state index contributed by atoms with van der Waals surface area (Å²) in [6.45, 7) is 5.82. The fourth-order valence-electron chi connectivity index (χ4n) is 4.31. The van der Waals surface area contributed by atoms with Gasteiger partial charge in [0.15, 0.2) is 0 Å².